The van der Waals surface area contributed by atoms with Crippen molar-refractivity contribution in [1.29, 1.82) is 0 Å². The van der Waals surface area contributed by atoms with Crippen molar-refractivity contribution >= 4 is 49.4 Å². The molecule has 0 amide bonds. The Morgan fingerprint density at radius 1 is 0.218 bits per heavy atom. The molecule has 0 N–H and O–H groups in total. The summed E-state index contributed by atoms with van der Waals surface area (Å²) < 4.78 is 0. The molecule has 258 valence electrons. The van der Waals surface area contributed by atoms with Gasteiger partial charge in [-0.2, -0.15) is 0 Å². The molecule has 1 heteroatoms. The maximum absolute atomic E-state index is 2.42. The lowest BCUT2D eigenvalue weighted by Crippen LogP contribution is -2.11. The Morgan fingerprint density at radius 3 is 1.02 bits per heavy atom. The van der Waals surface area contributed by atoms with E-state index in [9.17, 15) is 0 Å². The van der Waals surface area contributed by atoms with E-state index >= 15 is 0 Å². The summed E-state index contributed by atoms with van der Waals surface area (Å²) in [5, 5.41) is 7.47. The van der Waals surface area contributed by atoms with Crippen molar-refractivity contribution in [3.05, 3.63) is 224 Å². The first kappa shape index (κ1) is 32.4. The largest absolute Gasteiger partial charge is 0.310 e. The van der Waals surface area contributed by atoms with E-state index in [1.165, 1.54) is 76.8 Å². The molecule has 0 aliphatic heterocycles. The van der Waals surface area contributed by atoms with Crippen molar-refractivity contribution in [2.24, 2.45) is 0 Å². The van der Waals surface area contributed by atoms with Crippen LogP contribution in [0.2, 0.25) is 0 Å². The highest BCUT2D eigenvalue weighted by Gasteiger charge is 2.19. The minimum atomic E-state index is 1.09. The molecule has 10 aromatic rings. The van der Waals surface area contributed by atoms with Crippen LogP contribution in [0.15, 0.2) is 224 Å². The van der Waals surface area contributed by atoms with Gasteiger partial charge in [0.2, 0.25) is 0 Å². The maximum Gasteiger partial charge on any atom is 0.0546 e. The fourth-order valence-corrected chi connectivity index (χ4v) is 7.90. The van der Waals surface area contributed by atoms with Crippen molar-refractivity contribution in [3.63, 3.8) is 0 Å². The first-order valence-electron chi connectivity index (χ1n) is 18.9. The molecule has 0 aliphatic carbocycles. The summed E-state index contributed by atoms with van der Waals surface area (Å²) in [5.74, 6) is 0. The number of nitrogens with zero attached hydrogens (tertiary/aromatic N) is 1. The van der Waals surface area contributed by atoms with Gasteiger partial charge in [-0.05, 0) is 120 Å². The summed E-state index contributed by atoms with van der Waals surface area (Å²) in [6.07, 6.45) is 0. The molecule has 0 radical (unpaired) electrons. The van der Waals surface area contributed by atoms with Gasteiger partial charge in [-0.15, -0.1) is 0 Å². The van der Waals surface area contributed by atoms with Crippen molar-refractivity contribution in [1.82, 2.24) is 0 Å². The van der Waals surface area contributed by atoms with E-state index in [1.807, 2.05) is 0 Å². The molecule has 0 aliphatic rings. The van der Waals surface area contributed by atoms with Gasteiger partial charge < -0.3 is 4.90 Å². The van der Waals surface area contributed by atoms with Crippen LogP contribution in [0.4, 0.5) is 17.1 Å². The quantitative estimate of drug-likeness (QED) is 0.160. The van der Waals surface area contributed by atoms with Gasteiger partial charge in [-0.1, -0.05) is 176 Å². The van der Waals surface area contributed by atoms with Gasteiger partial charge in [0.1, 0.15) is 0 Å². The number of fused-ring (bicyclic) bond motifs is 3. The SMILES string of the molecule is c1ccc(-c2ccc(-c3ccc4ccccc4c3)cc2N(c2ccc(-c3ccc4ccccc4c3)cc2)c2ccc(-c3ccc4ccccc4c3)cc2)cc1. The Hall–Kier alpha value is -7.22. The Bertz CT molecular complexity index is 2840. The molecule has 10 rings (SSSR count). The molecule has 1 nitrogen and oxygen atoms in total. The second-order valence-electron chi connectivity index (χ2n) is 14.2. The topological polar surface area (TPSA) is 3.24 Å². The third-order valence-corrected chi connectivity index (χ3v) is 10.8. The number of hydrogen-bond donors (Lipinski definition) is 0. The Morgan fingerprint density at radius 2 is 0.564 bits per heavy atom. The van der Waals surface area contributed by atoms with Gasteiger partial charge in [-0.25, -0.2) is 0 Å². The maximum atomic E-state index is 2.42. The van der Waals surface area contributed by atoms with E-state index in [-0.39, 0.29) is 0 Å². The van der Waals surface area contributed by atoms with Crippen molar-refractivity contribution < 1.29 is 0 Å². The van der Waals surface area contributed by atoms with Crippen LogP contribution in [0.1, 0.15) is 0 Å². The predicted octanol–water partition coefficient (Wildman–Crippen LogP) is 15.3. The predicted molar refractivity (Wildman–Crippen MR) is 235 cm³/mol. The Labute approximate surface area is 322 Å². The molecule has 0 fully saturated rings. The standard InChI is InChI=1S/C54H37N/c1-2-13-43(14-3-1)53-33-28-50(49-23-20-40-12-6-9-17-46(40)36-49)37-54(53)55(51-29-24-41(25-30-51)47-21-18-38-10-4-7-15-44(38)34-47)52-31-26-42(27-32-52)48-22-19-39-11-5-8-16-45(39)35-48/h1-37H. The zero-order chi connectivity index (χ0) is 36.6. The second-order valence-corrected chi connectivity index (χ2v) is 14.2. The van der Waals surface area contributed by atoms with Crippen molar-refractivity contribution in [2.75, 3.05) is 4.90 Å². The summed E-state index contributed by atoms with van der Waals surface area (Å²) >= 11 is 0. The second kappa shape index (κ2) is 14.0. The summed E-state index contributed by atoms with van der Waals surface area (Å²) in [5.41, 5.74) is 12.8. The highest BCUT2D eigenvalue weighted by atomic mass is 15.1. The lowest BCUT2D eigenvalue weighted by atomic mass is 9.95. The molecule has 55 heavy (non-hydrogen) atoms. The molecule has 10 aromatic carbocycles. The first-order chi connectivity index (χ1) is 27.2. The molecule has 0 atom stereocenters. The first-order valence-corrected chi connectivity index (χ1v) is 18.9. The van der Waals surface area contributed by atoms with E-state index in [2.05, 4.69) is 229 Å². The van der Waals surface area contributed by atoms with E-state index in [4.69, 9.17) is 0 Å². The van der Waals surface area contributed by atoms with Crippen molar-refractivity contribution in [2.45, 2.75) is 0 Å². The van der Waals surface area contributed by atoms with E-state index in [1.54, 1.807) is 0 Å². The van der Waals surface area contributed by atoms with E-state index in [0.29, 0.717) is 0 Å². The number of anilines is 3. The molecule has 0 saturated heterocycles. The number of benzene rings is 10. The third kappa shape index (κ3) is 6.33. The zero-order valence-corrected chi connectivity index (χ0v) is 30.3. The van der Waals surface area contributed by atoms with Gasteiger partial charge in [0.25, 0.3) is 0 Å². The summed E-state index contributed by atoms with van der Waals surface area (Å²) in [6.45, 7) is 0. The van der Waals surface area contributed by atoms with Crippen molar-refractivity contribution in [3.8, 4) is 44.5 Å². The highest BCUT2D eigenvalue weighted by molar-refractivity contribution is 5.94. The molecule has 0 bridgehead atoms. The normalized spacial score (nSPS) is 11.3. The van der Waals surface area contributed by atoms with Gasteiger partial charge in [0, 0.05) is 16.9 Å². The van der Waals surface area contributed by atoms with Gasteiger partial charge in [-0.3, -0.25) is 0 Å². The monoisotopic (exact) mass is 699 g/mol. The molecule has 0 heterocycles. The smallest absolute Gasteiger partial charge is 0.0546 e. The van der Waals surface area contributed by atoms with Crippen LogP contribution >= 0.6 is 0 Å². The average molecular weight is 700 g/mol. The van der Waals surface area contributed by atoms with Gasteiger partial charge in [0.05, 0.1) is 5.69 Å². The average Bonchev–Trinajstić information content (AvgIpc) is 3.27. The van der Waals surface area contributed by atoms with Crippen LogP contribution in [0.3, 0.4) is 0 Å². The van der Waals surface area contributed by atoms with Crippen LogP contribution in [0.5, 0.6) is 0 Å². The molecular formula is C54H37N. The zero-order valence-electron chi connectivity index (χ0n) is 30.3. The minimum Gasteiger partial charge on any atom is -0.310 e. The highest BCUT2D eigenvalue weighted by Crippen LogP contribution is 2.44. The Balaban J connectivity index is 1.13. The van der Waals surface area contributed by atoms with E-state index < -0.39 is 0 Å². The molecule has 0 unspecified atom stereocenters. The number of rotatable bonds is 7. The van der Waals surface area contributed by atoms with Crippen LogP contribution in [0, 0.1) is 0 Å². The molecular weight excluding hydrogens is 663 g/mol. The Kier molecular flexibility index (Phi) is 8.24. The van der Waals surface area contributed by atoms with Gasteiger partial charge >= 0.3 is 0 Å². The summed E-state index contributed by atoms with van der Waals surface area (Å²) in [4.78, 5) is 2.42. The minimum absolute atomic E-state index is 1.09. The lowest BCUT2D eigenvalue weighted by Gasteiger charge is -2.29. The van der Waals surface area contributed by atoms with Crippen LogP contribution < -0.4 is 4.90 Å². The van der Waals surface area contributed by atoms with Crippen LogP contribution in [-0.2, 0) is 0 Å². The fourth-order valence-electron chi connectivity index (χ4n) is 7.90. The van der Waals surface area contributed by atoms with Gasteiger partial charge in [0.15, 0.2) is 0 Å². The molecule has 0 spiro atoms. The fraction of sp³-hybridized carbons (Fsp3) is 0. The lowest BCUT2D eigenvalue weighted by molar-refractivity contribution is 1.28. The summed E-state index contributed by atoms with van der Waals surface area (Å²) in [6, 6.07) is 81.6. The summed E-state index contributed by atoms with van der Waals surface area (Å²) in [7, 11) is 0. The third-order valence-electron chi connectivity index (χ3n) is 10.8. The molecule has 0 aromatic heterocycles. The van der Waals surface area contributed by atoms with E-state index in [0.717, 1.165) is 17.1 Å². The molecule has 0 saturated carbocycles. The number of hydrogen-bond acceptors (Lipinski definition) is 1. The van der Waals surface area contributed by atoms with Crippen LogP contribution in [-0.4, -0.2) is 0 Å². The van der Waals surface area contributed by atoms with Crippen LogP contribution in [0.25, 0.3) is 76.8 Å².